The quantitative estimate of drug-likeness (QED) is 0.837. The number of likely N-dealkylation sites (N-methyl/N-ethyl adjacent to an activating group) is 1. The highest BCUT2D eigenvalue weighted by atomic mass is 79.9. The van der Waals surface area contributed by atoms with Gasteiger partial charge in [0.1, 0.15) is 5.82 Å². The van der Waals surface area contributed by atoms with Crippen LogP contribution in [0, 0.1) is 12.7 Å². The minimum absolute atomic E-state index is 0.103. The molecule has 0 bridgehead atoms. The number of halogens is 3. The number of rotatable bonds is 4. The maximum atomic E-state index is 14.1. The SMILES string of the molecule is CNC(Cc1c(Br)c(C)nn1C)c1ccc(Br)cc1F. The van der Waals surface area contributed by atoms with Crippen LogP contribution < -0.4 is 5.32 Å². The first kappa shape index (κ1) is 15.7. The van der Waals surface area contributed by atoms with Crippen molar-refractivity contribution < 1.29 is 4.39 Å². The molecule has 0 spiro atoms. The van der Waals surface area contributed by atoms with Gasteiger partial charge in [0.2, 0.25) is 0 Å². The van der Waals surface area contributed by atoms with E-state index in [9.17, 15) is 4.39 Å². The van der Waals surface area contributed by atoms with Crippen molar-refractivity contribution in [3.63, 3.8) is 0 Å². The smallest absolute Gasteiger partial charge is 0.129 e. The lowest BCUT2D eigenvalue weighted by Crippen LogP contribution is -2.21. The minimum Gasteiger partial charge on any atom is -0.313 e. The first-order chi connectivity index (χ1) is 9.43. The minimum atomic E-state index is -0.214. The van der Waals surface area contributed by atoms with Gasteiger partial charge < -0.3 is 5.32 Å². The first-order valence-electron chi connectivity index (χ1n) is 6.24. The number of nitrogens with one attached hydrogen (secondary N) is 1. The molecular formula is C14H16Br2FN3. The van der Waals surface area contributed by atoms with Crippen molar-refractivity contribution in [2.45, 2.75) is 19.4 Å². The van der Waals surface area contributed by atoms with Gasteiger partial charge in [0, 0.05) is 29.5 Å². The number of hydrogen-bond acceptors (Lipinski definition) is 2. The van der Waals surface area contributed by atoms with Crippen LogP contribution in [0.4, 0.5) is 4.39 Å². The lowest BCUT2D eigenvalue weighted by atomic mass is 10.0. The van der Waals surface area contributed by atoms with Gasteiger partial charge in [-0.2, -0.15) is 5.10 Å². The predicted octanol–water partition coefficient (Wildman–Crippen LogP) is 3.90. The van der Waals surface area contributed by atoms with E-state index in [1.165, 1.54) is 6.07 Å². The summed E-state index contributed by atoms with van der Waals surface area (Å²) in [6.45, 7) is 1.95. The van der Waals surface area contributed by atoms with E-state index in [0.717, 1.165) is 20.3 Å². The molecule has 6 heteroatoms. The number of aryl methyl sites for hydroxylation is 2. The van der Waals surface area contributed by atoms with Crippen molar-refractivity contribution in [2.24, 2.45) is 7.05 Å². The summed E-state index contributed by atoms with van der Waals surface area (Å²) in [5.74, 6) is -0.214. The molecule has 0 aliphatic rings. The number of hydrogen-bond donors (Lipinski definition) is 1. The Balaban J connectivity index is 2.33. The molecular weight excluding hydrogens is 389 g/mol. The Morgan fingerprint density at radius 3 is 2.60 bits per heavy atom. The van der Waals surface area contributed by atoms with Crippen molar-refractivity contribution in [1.82, 2.24) is 15.1 Å². The molecule has 108 valence electrons. The second-order valence-corrected chi connectivity index (χ2v) is 6.39. The van der Waals surface area contributed by atoms with Gasteiger partial charge >= 0.3 is 0 Å². The van der Waals surface area contributed by atoms with E-state index >= 15 is 0 Å². The molecule has 0 saturated heterocycles. The Morgan fingerprint density at radius 2 is 2.10 bits per heavy atom. The van der Waals surface area contributed by atoms with Gasteiger partial charge in [-0.05, 0) is 42.0 Å². The van der Waals surface area contributed by atoms with E-state index in [1.807, 2.05) is 31.8 Å². The van der Waals surface area contributed by atoms with E-state index in [1.54, 1.807) is 6.07 Å². The molecule has 0 amide bonds. The Bertz CT molecular complexity index is 625. The average Bonchev–Trinajstić information content (AvgIpc) is 2.62. The molecule has 20 heavy (non-hydrogen) atoms. The van der Waals surface area contributed by atoms with Crippen LogP contribution in [0.3, 0.4) is 0 Å². The average molecular weight is 405 g/mol. The molecule has 1 aromatic carbocycles. The molecule has 1 unspecified atom stereocenters. The highest BCUT2D eigenvalue weighted by Gasteiger charge is 2.19. The predicted molar refractivity (Wildman–Crippen MR) is 85.2 cm³/mol. The van der Waals surface area contributed by atoms with E-state index in [0.29, 0.717) is 12.0 Å². The molecule has 2 rings (SSSR count). The molecule has 3 nitrogen and oxygen atoms in total. The first-order valence-corrected chi connectivity index (χ1v) is 7.82. The normalized spacial score (nSPS) is 12.7. The van der Waals surface area contributed by atoms with Crippen LogP contribution in [-0.4, -0.2) is 16.8 Å². The van der Waals surface area contributed by atoms with E-state index in [2.05, 4.69) is 42.3 Å². The monoisotopic (exact) mass is 403 g/mol. The number of benzene rings is 1. The molecule has 0 aliphatic carbocycles. The second kappa shape index (κ2) is 6.37. The fourth-order valence-corrected chi connectivity index (χ4v) is 3.08. The van der Waals surface area contributed by atoms with E-state index < -0.39 is 0 Å². The highest BCUT2D eigenvalue weighted by molar-refractivity contribution is 9.10. The topological polar surface area (TPSA) is 29.9 Å². The van der Waals surface area contributed by atoms with Crippen molar-refractivity contribution in [3.05, 3.63) is 49.9 Å². The Morgan fingerprint density at radius 1 is 1.40 bits per heavy atom. The Kier molecular flexibility index (Phi) is 4.99. The van der Waals surface area contributed by atoms with E-state index in [4.69, 9.17) is 0 Å². The van der Waals surface area contributed by atoms with Crippen LogP contribution in [0.2, 0.25) is 0 Å². The van der Waals surface area contributed by atoms with Gasteiger partial charge in [-0.1, -0.05) is 22.0 Å². The Hall–Kier alpha value is -0.720. The van der Waals surface area contributed by atoms with Crippen LogP contribution in [0.25, 0.3) is 0 Å². The molecule has 0 aliphatic heterocycles. The van der Waals surface area contributed by atoms with Gasteiger partial charge in [-0.25, -0.2) is 4.39 Å². The molecule has 0 saturated carbocycles. The molecule has 1 atom stereocenters. The van der Waals surface area contributed by atoms with Crippen molar-refractivity contribution in [3.8, 4) is 0 Å². The Labute approximate surface area is 134 Å². The second-order valence-electron chi connectivity index (χ2n) is 4.68. The number of nitrogens with zero attached hydrogens (tertiary/aromatic N) is 2. The molecule has 0 fully saturated rings. The summed E-state index contributed by atoms with van der Waals surface area (Å²) in [6, 6.07) is 5.04. The third-order valence-corrected chi connectivity index (χ3v) is 4.87. The zero-order valence-electron chi connectivity index (χ0n) is 11.5. The van der Waals surface area contributed by atoms with Crippen molar-refractivity contribution in [2.75, 3.05) is 7.05 Å². The highest BCUT2D eigenvalue weighted by Crippen LogP contribution is 2.28. The summed E-state index contributed by atoms with van der Waals surface area (Å²) in [6.07, 6.45) is 0.660. The summed E-state index contributed by atoms with van der Waals surface area (Å²) in [5, 5.41) is 7.54. The third kappa shape index (κ3) is 3.13. The van der Waals surface area contributed by atoms with Crippen LogP contribution in [0.15, 0.2) is 27.1 Å². The molecule has 1 aromatic heterocycles. The molecule has 1 heterocycles. The van der Waals surface area contributed by atoms with E-state index in [-0.39, 0.29) is 11.9 Å². The van der Waals surface area contributed by atoms with Crippen LogP contribution in [0.1, 0.15) is 23.0 Å². The molecule has 0 radical (unpaired) electrons. The zero-order chi connectivity index (χ0) is 14.9. The standard InChI is InChI=1S/C14H16Br2FN3/c1-8-14(16)13(20(3)19-8)7-12(18-2)10-5-4-9(15)6-11(10)17/h4-6,12,18H,7H2,1-3H3. The summed E-state index contributed by atoms with van der Waals surface area (Å²) in [4.78, 5) is 0. The van der Waals surface area contributed by atoms with Crippen LogP contribution >= 0.6 is 31.9 Å². The van der Waals surface area contributed by atoms with Crippen molar-refractivity contribution in [1.29, 1.82) is 0 Å². The summed E-state index contributed by atoms with van der Waals surface area (Å²) in [5.41, 5.74) is 2.64. The maximum Gasteiger partial charge on any atom is 0.129 e. The van der Waals surface area contributed by atoms with Gasteiger partial charge in [0.05, 0.1) is 15.9 Å². The summed E-state index contributed by atoms with van der Waals surface area (Å²) >= 11 is 6.83. The molecule has 2 aromatic rings. The fourth-order valence-electron chi connectivity index (χ4n) is 2.25. The maximum absolute atomic E-state index is 14.1. The van der Waals surface area contributed by atoms with Gasteiger partial charge in [0.15, 0.2) is 0 Å². The zero-order valence-corrected chi connectivity index (χ0v) is 14.7. The number of aromatic nitrogens is 2. The largest absolute Gasteiger partial charge is 0.313 e. The third-order valence-electron chi connectivity index (χ3n) is 3.35. The van der Waals surface area contributed by atoms with Crippen LogP contribution in [0.5, 0.6) is 0 Å². The molecule has 1 N–H and O–H groups in total. The lowest BCUT2D eigenvalue weighted by Gasteiger charge is -2.18. The van der Waals surface area contributed by atoms with Gasteiger partial charge in [-0.15, -0.1) is 0 Å². The van der Waals surface area contributed by atoms with Gasteiger partial charge in [0.25, 0.3) is 0 Å². The fraction of sp³-hybridized carbons (Fsp3) is 0.357. The summed E-state index contributed by atoms with van der Waals surface area (Å²) in [7, 11) is 3.74. The van der Waals surface area contributed by atoms with Crippen molar-refractivity contribution >= 4 is 31.9 Å². The summed E-state index contributed by atoms with van der Waals surface area (Å²) < 4.78 is 17.7. The lowest BCUT2D eigenvalue weighted by molar-refractivity contribution is 0.518. The van der Waals surface area contributed by atoms with Crippen LogP contribution in [-0.2, 0) is 13.5 Å². The van der Waals surface area contributed by atoms with Gasteiger partial charge in [-0.3, -0.25) is 4.68 Å².